The van der Waals surface area contributed by atoms with Crippen LogP contribution in [-0.4, -0.2) is 56.0 Å². The molecule has 0 unspecified atom stereocenters. The molecule has 132 valence electrons. The summed E-state index contributed by atoms with van der Waals surface area (Å²) < 4.78 is 24.8. The van der Waals surface area contributed by atoms with Gasteiger partial charge in [0.2, 0.25) is 15.9 Å². The van der Waals surface area contributed by atoms with Crippen molar-refractivity contribution >= 4 is 15.9 Å². The van der Waals surface area contributed by atoms with Gasteiger partial charge in [-0.25, -0.2) is 12.7 Å². The van der Waals surface area contributed by atoms with Crippen molar-refractivity contribution in [2.75, 3.05) is 26.4 Å². The molecule has 1 aromatic carbocycles. The van der Waals surface area contributed by atoms with Crippen molar-refractivity contribution in [1.29, 1.82) is 0 Å². The van der Waals surface area contributed by atoms with Crippen LogP contribution in [-0.2, 0) is 20.2 Å². The van der Waals surface area contributed by atoms with Crippen molar-refractivity contribution in [3.05, 3.63) is 35.9 Å². The van der Waals surface area contributed by atoms with E-state index in [4.69, 9.17) is 0 Å². The highest BCUT2D eigenvalue weighted by Gasteiger charge is 2.48. The third-order valence-corrected chi connectivity index (χ3v) is 7.08. The first-order valence-corrected chi connectivity index (χ1v) is 10.5. The Labute approximate surface area is 144 Å². The first kappa shape index (κ1) is 17.4. The summed E-state index contributed by atoms with van der Waals surface area (Å²) in [5, 5.41) is 0. The number of piperidine rings is 1. The molecule has 1 amide bonds. The normalized spacial score (nSPS) is 21.5. The van der Waals surface area contributed by atoms with Gasteiger partial charge in [-0.15, -0.1) is 0 Å². The maximum Gasteiger partial charge on any atom is 0.233 e. The molecule has 2 aliphatic rings. The van der Waals surface area contributed by atoms with Gasteiger partial charge in [0.1, 0.15) is 0 Å². The van der Waals surface area contributed by atoms with E-state index in [1.54, 1.807) is 7.05 Å². The van der Waals surface area contributed by atoms with Gasteiger partial charge in [0.05, 0.1) is 11.7 Å². The van der Waals surface area contributed by atoms with Crippen molar-refractivity contribution in [2.45, 2.75) is 43.6 Å². The van der Waals surface area contributed by atoms with Crippen LogP contribution in [0, 0.1) is 0 Å². The third kappa shape index (κ3) is 3.09. The van der Waals surface area contributed by atoms with Crippen LogP contribution in [0.3, 0.4) is 0 Å². The molecule has 0 aromatic heterocycles. The number of likely N-dealkylation sites (tertiary alicyclic amines) is 1. The van der Waals surface area contributed by atoms with Crippen LogP contribution in [0.4, 0.5) is 0 Å². The van der Waals surface area contributed by atoms with Gasteiger partial charge >= 0.3 is 0 Å². The number of carbonyl (C=O) groups excluding carboxylic acids is 1. The summed E-state index contributed by atoms with van der Waals surface area (Å²) in [6.07, 6.45) is 5.58. The Morgan fingerprint density at radius 3 is 2.21 bits per heavy atom. The lowest BCUT2D eigenvalue weighted by Gasteiger charge is -2.46. The predicted octanol–water partition coefficient (Wildman–Crippen LogP) is 1.99. The fourth-order valence-corrected chi connectivity index (χ4v) is 4.67. The van der Waals surface area contributed by atoms with Gasteiger partial charge in [0, 0.05) is 26.2 Å². The highest BCUT2D eigenvalue weighted by molar-refractivity contribution is 7.88. The van der Waals surface area contributed by atoms with Crippen LogP contribution in [0.2, 0.25) is 0 Å². The molecular formula is C18H26N2O3S. The average Bonchev–Trinajstić information content (AvgIpc) is 2.53. The molecule has 0 radical (unpaired) electrons. The summed E-state index contributed by atoms with van der Waals surface area (Å²) in [5.41, 5.74) is 0.772. The number of sulfonamides is 1. The van der Waals surface area contributed by atoms with Crippen LogP contribution >= 0.6 is 0 Å². The minimum atomic E-state index is -3.18. The third-order valence-electron chi connectivity index (χ3n) is 5.73. The van der Waals surface area contributed by atoms with Crippen molar-refractivity contribution in [3.8, 4) is 0 Å². The van der Waals surface area contributed by atoms with Crippen molar-refractivity contribution in [3.63, 3.8) is 0 Å². The highest BCUT2D eigenvalue weighted by Crippen LogP contribution is 2.45. The fraction of sp³-hybridized carbons (Fsp3) is 0.611. The molecule has 1 aromatic rings. The second-order valence-corrected chi connectivity index (χ2v) is 9.15. The molecule has 0 bridgehead atoms. The number of carbonyl (C=O) groups is 1. The summed E-state index contributed by atoms with van der Waals surface area (Å²) in [7, 11) is -1.54. The molecule has 0 spiro atoms. The Kier molecular flexibility index (Phi) is 4.71. The van der Waals surface area contributed by atoms with E-state index in [1.807, 2.05) is 23.1 Å². The maximum atomic E-state index is 13.2. The SMILES string of the molecule is CN(C1CCN(C(=O)C2(c3ccccc3)CCC2)CC1)S(C)(=O)=O. The summed E-state index contributed by atoms with van der Waals surface area (Å²) in [5.74, 6) is 0.223. The zero-order chi connectivity index (χ0) is 17.4. The van der Waals surface area contributed by atoms with Crippen molar-refractivity contribution in [2.24, 2.45) is 0 Å². The lowest BCUT2D eigenvalue weighted by molar-refractivity contribution is -0.142. The van der Waals surface area contributed by atoms with Gasteiger partial charge in [-0.05, 0) is 31.2 Å². The van der Waals surface area contributed by atoms with Crippen molar-refractivity contribution in [1.82, 2.24) is 9.21 Å². The Morgan fingerprint density at radius 1 is 1.17 bits per heavy atom. The Morgan fingerprint density at radius 2 is 1.75 bits per heavy atom. The topological polar surface area (TPSA) is 57.7 Å². The predicted molar refractivity (Wildman–Crippen MR) is 94.2 cm³/mol. The molecule has 24 heavy (non-hydrogen) atoms. The summed E-state index contributed by atoms with van der Waals surface area (Å²) in [6, 6.07) is 10.1. The van der Waals surface area contributed by atoms with Gasteiger partial charge in [-0.2, -0.15) is 0 Å². The van der Waals surface area contributed by atoms with E-state index < -0.39 is 10.0 Å². The van der Waals surface area contributed by atoms with E-state index >= 15 is 0 Å². The van der Waals surface area contributed by atoms with Crippen molar-refractivity contribution < 1.29 is 13.2 Å². The number of hydrogen-bond donors (Lipinski definition) is 0. The van der Waals surface area contributed by atoms with E-state index in [1.165, 1.54) is 10.6 Å². The number of nitrogens with zero attached hydrogens (tertiary/aromatic N) is 2. The molecule has 1 heterocycles. The lowest BCUT2D eigenvalue weighted by Crippen LogP contribution is -2.55. The monoisotopic (exact) mass is 350 g/mol. The molecule has 0 N–H and O–H groups in total. The second kappa shape index (κ2) is 6.48. The molecule has 1 aliphatic carbocycles. The van der Waals surface area contributed by atoms with Gasteiger partial charge in [-0.3, -0.25) is 4.79 Å². The maximum absolute atomic E-state index is 13.2. The van der Waals surface area contributed by atoms with Crippen LogP contribution in [0.1, 0.15) is 37.7 Å². The summed E-state index contributed by atoms with van der Waals surface area (Å²) in [4.78, 5) is 15.1. The number of rotatable bonds is 4. The first-order valence-electron chi connectivity index (χ1n) is 8.62. The summed E-state index contributed by atoms with van der Waals surface area (Å²) >= 11 is 0. The minimum Gasteiger partial charge on any atom is -0.342 e. The minimum absolute atomic E-state index is 0.00174. The van der Waals surface area contributed by atoms with E-state index in [0.29, 0.717) is 25.9 Å². The Bertz CT molecular complexity index is 690. The molecule has 5 nitrogen and oxygen atoms in total. The molecule has 1 saturated heterocycles. The van der Waals surface area contributed by atoms with E-state index in [9.17, 15) is 13.2 Å². The lowest BCUT2D eigenvalue weighted by atomic mass is 9.63. The van der Waals surface area contributed by atoms with Gasteiger partial charge in [0.25, 0.3) is 0 Å². The number of benzene rings is 1. The Hall–Kier alpha value is -1.40. The van der Waals surface area contributed by atoms with Crippen LogP contribution in [0.25, 0.3) is 0 Å². The van der Waals surface area contributed by atoms with Crippen LogP contribution in [0.5, 0.6) is 0 Å². The first-order chi connectivity index (χ1) is 11.3. The summed E-state index contributed by atoms with van der Waals surface area (Å²) in [6.45, 7) is 1.27. The quantitative estimate of drug-likeness (QED) is 0.834. The molecular weight excluding hydrogens is 324 g/mol. The van der Waals surface area contributed by atoms with Crippen LogP contribution < -0.4 is 0 Å². The average molecular weight is 350 g/mol. The van der Waals surface area contributed by atoms with Crippen LogP contribution in [0.15, 0.2) is 30.3 Å². The highest BCUT2D eigenvalue weighted by atomic mass is 32.2. The fourth-order valence-electron chi connectivity index (χ4n) is 3.92. The molecule has 1 saturated carbocycles. The smallest absolute Gasteiger partial charge is 0.233 e. The molecule has 0 atom stereocenters. The van der Waals surface area contributed by atoms with Gasteiger partial charge < -0.3 is 4.90 Å². The molecule has 6 heteroatoms. The van der Waals surface area contributed by atoms with E-state index in [2.05, 4.69) is 12.1 Å². The van der Waals surface area contributed by atoms with Gasteiger partial charge in [0.15, 0.2) is 0 Å². The van der Waals surface area contributed by atoms with E-state index in [-0.39, 0.29) is 17.4 Å². The molecule has 3 rings (SSSR count). The second-order valence-electron chi connectivity index (χ2n) is 7.10. The molecule has 1 aliphatic heterocycles. The van der Waals surface area contributed by atoms with E-state index in [0.717, 1.165) is 24.8 Å². The zero-order valence-electron chi connectivity index (χ0n) is 14.4. The Balaban J connectivity index is 1.69. The standard InChI is InChI=1S/C18H26N2O3S/c1-19(24(2,22)23)16-9-13-20(14-10-16)17(21)18(11-6-12-18)15-7-4-3-5-8-15/h3-5,7-8,16H,6,9-14H2,1-2H3. The number of hydrogen-bond acceptors (Lipinski definition) is 3. The van der Waals surface area contributed by atoms with Gasteiger partial charge in [-0.1, -0.05) is 36.8 Å². The largest absolute Gasteiger partial charge is 0.342 e. The number of amides is 1. The zero-order valence-corrected chi connectivity index (χ0v) is 15.3. The molecule has 2 fully saturated rings.